The van der Waals surface area contributed by atoms with E-state index in [1.54, 1.807) is 12.1 Å². The van der Waals surface area contributed by atoms with Gasteiger partial charge in [0.2, 0.25) is 11.4 Å². The first-order valence-corrected chi connectivity index (χ1v) is 14.4. The van der Waals surface area contributed by atoms with E-state index in [9.17, 15) is 4.39 Å². The van der Waals surface area contributed by atoms with Crippen molar-refractivity contribution in [2.75, 3.05) is 0 Å². The molecular formula is C37H31FN2+2. The molecule has 3 aromatic carbocycles. The highest BCUT2D eigenvalue weighted by Gasteiger charge is 2.51. The molecule has 2 nitrogen and oxygen atoms in total. The Morgan fingerprint density at radius 3 is 2.35 bits per heavy atom. The largest absolute Gasteiger partial charge is 0.213 e. The van der Waals surface area contributed by atoms with Crippen LogP contribution in [0.3, 0.4) is 0 Å². The smallest absolute Gasteiger partial charge is 0.207 e. The van der Waals surface area contributed by atoms with Crippen LogP contribution in [0.25, 0.3) is 33.6 Å². The molecule has 40 heavy (non-hydrogen) atoms. The maximum atomic E-state index is 13.7. The number of pyridine rings is 2. The zero-order valence-electron chi connectivity index (χ0n) is 22.6. The molecule has 0 saturated heterocycles. The maximum Gasteiger partial charge on any atom is 0.213 e. The summed E-state index contributed by atoms with van der Waals surface area (Å²) >= 11 is 0. The van der Waals surface area contributed by atoms with Gasteiger partial charge in [0, 0.05) is 28.8 Å². The van der Waals surface area contributed by atoms with Gasteiger partial charge in [0.15, 0.2) is 25.0 Å². The molecule has 5 aromatic rings. The second-order valence-corrected chi connectivity index (χ2v) is 11.4. The molecule has 3 atom stereocenters. The second kappa shape index (κ2) is 9.09. The third-order valence-electron chi connectivity index (χ3n) is 9.25. The van der Waals surface area contributed by atoms with Crippen LogP contribution < -0.4 is 9.13 Å². The van der Waals surface area contributed by atoms with E-state index < -0.39 is 0 Å². The van der Waals surface area contributed by atoms with Gasteiger partial charge in [0.1, 0.15) is 5.82 Å². The van der Waals surface area contributed by atoms with Gasteiger partial charge in [-0.2, -0.15) is 9.13 Å². The number of aryl methyl sites for hydroxylation is 1. The number of benzene rings is 3. The van der Waals surface area contributed by atoms with Crippen molar-refractivity contribution in [3.63, 3.8) is 0 Å². The molecule has 8 rings (SSSR count). The lowest BCUT2D eigenvalue weighted by molar-refractivity contribution is -0.744. The summed E-state index contributed by atoms with van der Waals surface area (Å²) in [6, 6.07) is 34.1. The molecule has 2 aromatic heterocycles. The van der Waals surface area contributed by atoms with E-state index in [1.807, 2.05) is 12.1 Å². The third-order valence-corrected chi connectivity index (χ3v) is 9.25. The SMILES string of the molecule is CCc1ccc2[n+](c1)C1C3C=C(Cc4ccccc4-c4ccc(-c5ccc(F)cc5)c[n+]4C3)C1c1ccccc1-2. The van der Waals surface area contributed by atoms with Gasteiger partial charge in [-0.1, -0.05) is 67.1 Å². The van der Waals surface area contributed by atoms with Gasteiger partial charge in [-0.25, -0.2) is 4.39 Å². The van der Waals surface area contributed by atoms with Gasteiger partial charge in [-0.05, 0) is 65.9 Å². The highest BCUT2D eigenvalue weighted by molar-refractivity contribution is 5.69. The Morgan fingerprint density at radius 1 is 0.750 bits per heavy atom. The molecule has 3 unspecified atom stereocenters. The second-order valence-electron chi connectivity index (χ2n) is 11.4. The van der Waals surface area contributed by atoms with Gasteiger partial charge < -0.3 is 0 Å². The molecule has 0 spiro atoms. The van der Waals surface area contributed by atoms with Crippen LogP contribution >= 0.6 is 0 Å². The number of fused-ring (bicyclic) bond motifs is 12. The molecule has 0 amide bonds. The molecule has 0 radical (unpaired) electrons. The van der Waals surface area contributed by atoms with Gasteiger partial charge in [0.25, 0.3) is 0 Å². The van der Waals surface area contributed by atoms with Crippen LogP contribution in [0.1, 0.15) is 35.6 Å². The summed E-state index contributed by atoms with van der Waals surface area (Å²) in [7, 11) is 0. The lowest BCUT2D eigenvalue weighted by Crippen LogP contribution is -2.52. The van der Waals surface area contributed by atoms with Gasteiger partial charge in [0.05, 0.1) is 17.4 Å². The van der Waals surface area contributed by atoms with E-state index in [0.29, 0.717) is 17.9 Å². The predicted octanol–water partition coefficient (Wildman–Crippen LogP) is 7.41. The highest BCUT2D eigenvalue weighted by Crippen LogP contribution is 2.51. The van der Waals surface area contributed by atoms with E-state index in [4.69, 9.17) is 0 Å². The molecule has 1 aliphatic carbocycles. The van der Waals surface area contributed by atoms with E-state index >= 15 is 0 Å². The minimum absolute atomic E-state index is 0.206. The molecule has 3 aliphatic rings. The van der Waals surface area contributed by atoms with Crippen LogP contribution in [0.2, 0.25) is 0 Å². The number of nitrogens with zero attached hydrogens (tertiary/aromatic N) is 2. The average molecular weight is 523 g/mol. The number of allylic oxidation sites excluding steroid dienone is 2. The van der Waals surface area contributed by atoms with Crippen LogP contribution in [0, 0.1) is 11.7 Å². The summed E-state index contributed by atoms with van der Waals surface area (Å²) in [6.07, 6.45) is 9.25. The summed E-state index contributed by atoms with van der Waals surface area (Å²) in [5.41, 5.74) is 13.1. The summed E-state index contributed by atoms with van der Waals surface area (Å²) in [5.74, 6) is 0.481. The van der Waals surface area contributed by atoms with Crippen molar-refractivity contribution in [2.45, 2.75) is 38.3 Å². The fraction of sp³-hybridized carbons (Fsp3) is 0.189. The van der Waals surface area contributed by atoms with Gasteiger partial charge >= 0.3 is 0 Å². The Bertz CT molecular complexity index is 1820. The third kappa shape index (κ3) is 3.61. The molecule has 2 aliphatic heterocycles. The lowest BCUT2D eigenvalue weighted by Gasteiger charge is -2.30. The molecule has 194 valence electrons. The summed E-state index contributed by atoms with van der Waals surface area (Å²) in [5, 5.41) is 0. The van der Waals surface area contributed by atoms with Crippen LogP contribution in [0.15, 0.2) is 121 Å². The van der Waals surface area contributed by atoms with Crippen molar-refractivity contribution in [1.82, 2.24) is 0 Å². The number of hydrogen-bond acceptors (Lipinski definition) is 0. The standard InChI is InChI=1S/C37H31FN2/c1-2-24-11-17-35-32-9-5-6-10-33(32)36-28-19-26-7-3-4-8-31(26)34-18-14-27(25-12-15-30(38)16-13-25)22-39(34)23-29(20-28)37(36)40(35)21-24/h3-18,20-22,29,36-37H,2,19,23H2,1H3/q+2. The Hall–Kier alpha value is -4.37. The number of halogens is 1. The topological polar surface area (TPSA) is 7.76 Å². The molecule has 3 heteroatoms. The van der Waals surface area contributed by atoms with Crippen molar-refractivity contribution in [1.29, 1.82) is 0 Å². The van der Waals surface area contributed by atoms with E-state index in [1.165, 1.54) is 44.8 Å². The Balaban J connectivity index is 1.33. The first-order chi connectivity index (χ1) is 19.7. The molecule has 0 fully saturated rings. The Kier molecular flexibility index (Phi) is 5.34. The maximum absolute atomic E-state index is 13.7. The Labute approximate surface area is 234 Å². The number of aromatic nitrogens is 2. The van der Waals surface area contributed by atoms with E-state index in [0.717, 1.165) is 30.5 Å². The highest BCUT2D eigenvalue weighted by atomic mass is 19.1. The van der Waals surface area contributed by atoms with Crippen molar-refractivity contribution >= 4 is 0 Å². The van der Waals surface area contributed by atoms with Gasteiger partial charge in [-0.3, -0.25) is 0 Å². The molecular weight excluding hydrogens is 491 g/mol. The van der Waals surface area contributed by atoms with Crippen LogP contribution in [-0.2, 0) is 19.4 Å². The number of rotatable bonds is 2. The average Bonchev–Trinajstić information content (AvgIpc) is 3.38. The van der Waals surface area contributed by atoms with E-state index in [2.05, 4.69) is 107 Å². The summed E-state index contributed by atoms with van der Waals surface area (Å²) in [6.45, 7) is 3.12. The van der Waals surface area contributed by atoms with Crippen LogP contribution in [-0.4, -0.2) is 0 Å². The molecule has 0 saturated carbocycles. The normalized spacial score (nSPS) is 20.1. The quantitative estimate of drug-likeness (QED) is 0.168. The fourth-order valence-electron chi connectivity index (χ4n) is 7.40. The first kappa shape index (κ1) is 23.5. The van der Waals surface area contributed by atoms with Crippen molar-refractivity contribution in [3.8, 4) is 33.6 Å². The summed E-state index contributed by atoms with van der Waals surface area (Å²) in [4.78, 5) is 0. The number of hydrogen-bond donors (Lipinski definition) is 0. The molecule has 4 heterocycles. The van der Waals surface area contributed by atoms with Gasteiger partial charge in [-0.15, -0.1) is 0 Å². The molecule has 0 N–H and O–H groups in total. The minimum atomic E-state index is -0.206. The monoisotopic (exact) mass is 522 g/mol. The van der Waals surface area contributed by atoms with E-state index in [-0.39, 0.29) is 5.82 Å². The molecule has 2 bridgehead atoms. The predicted molar refractivity (Wildman–Crippen MR) is 156 cm³/mol. The van der Waals surface area contributed by atoms with Crippen molar-refractivity contribution in [2.24, 2.45) is 5.92 Å². The van der Waals surface area contributed by atoms with Crippen molar-refractivity contribution < 1.29 is 13.5 Å². The minimum Gasteiger partial charge on any atom is -0.207 e. The summed E-state index contributed by atoms with van der Waals surface area (Å²) < 4.78 is 18.8. The zero-order chi connectivity index (χ0) is 26.8. The Morgan fingerprint density at radius 2 is 1.50 bits per heavy atom. The van der Waals surface area contributed by atoms with Crippen LogP contribution in [0.4, 0.5) is 4.39 Å². The lowest BCUT2D eigenvalue weighted by atomic mass is 9.77. The fourth-order valence-corrected chi connectivity index (χ4v) is 7.40. The van der Waals surface area contributed by atoms with Crippen LogP contribution in [0.5, 0.6) is 0 Å². The van der Waals surface area contributed by atoms with Crippen molar-refractivity contribution in [3.05, 3.63) is 144 Å². The zero-order valence-corrected chi connectivity index (χ0v) is 22.6. The first-order valence-electron chi connectivity index (χ1n) is 14.4.